The maximum atomic E-state index is 12.6. The van der Waals surface area contributed by atoms with Crippen LogP contribution in [-0.2, 0) is 22.6 Å². The summed E-state index contributed by atoms with van der Waals surface area (Å²) >= 11 is 0. The lowest BCUT2D eigenvalue weighted by molar-refractivity contribution is -0.124. The maximum absolute atomic E-state index is 12.6. The van der Waals surface area contributed by atoms with Gasteiger partial charge in [-0.2, -0.15) is 0 Å². The predicted octanol–water partition coefficient (Wildman–Crippen LogP) is 3.57. The molecule has 7 nitrogen and oxygen atoms in total. The molecule has 1 saturated heterocycles. The largest absolute Gasteiger partial charge is 0.495 e. The number of aryl methyl sites for hydroxylation is 1. The lowest BCUT2D eigenvalue weighted by Crippen LogP contribution is -2.27. The van der Waals surface area contributed by atoms with Crippen LogP contribution in [0.3, 0.4) is 0 Å². The van der Waals surface area contributed by atoms with E-state index < -0.39 is 0 Å². The van der Waals surface area contributed by atoms with E-state index in [4.69, 9.17) is 14.5 Å². The van der Waals surface area contributed by atoms with E-state index in [1.807, 2.05) is 24.3 Å². The average molecular weight is 406 g/mol. The van der Waals surface area contributed by atoms with Gasteiger partial charge in [0.2, 0.25) is 0 Å². The van der Waals surface area contributed by atoms with E-state index >= 15 is 0 Å². The second-order valence-corrected chi connectivity index (χ2v) is 7.82. The van der Waals surface area contributed by atoms with Crippen LogP contribution in [0.2, 0.25) is 0 Å². The summed E-state index contributed by atoms with van der Waals surface area (Å²) in [7, 11) is 1.62. The molecule has 1 N–H and O–H groups in total. The highest BCUT2D eigenvalue weighted by Crippen LogP contribution is 2.32. The molecule has 3 aromatic rings. The molecule has 1 fully saturated rings. The molecule has 2 aliphatic rings. The lowest BCUT2D eigenvalue weighted by Gasteiger charge is -2.23. The van der Waals surface area contributed by atoms with Crippen LogP contribution in [0.4, 0.5) is 11.4 Å². The Kier molecular flexibility index (Phi) is 5.04. The molecule has 1 unspecified atom stereocenters. The fourth-order valence-electron chi connectivity index (χ4n) is 4.37. The molecular weight excluding hydrogens is 380 g/mol. The van der Waals surface area contributed by atoms with Gasteiger partial charge in [0.15, 0.2) is 0 Å². The molecule has 3 heterocycles. The average Bonchev–Trinajstić information content (AvgIpc) is 3.37. The van der Waals surface area contributed by atoms with Crippen LogP contribution in [-0.4, -0.2) is 41.8 Å². The van der Waals surface area contributed by atoms with Gasteiger partial charge in [0, 0.05) is 25.4 Å². The van der Waals surface area contributed by atoms with E-state index in [2.05, 4.69) is 33.0 Å². The number of para-hydroxylation sites is 2. The zero-order valence-corrected chi connectivity index (χ0v) is 17.1. The summed E-state index contributed by atoms with van der Waals surface area (Å²) in [6, 6.07) is 14.2. The summed E-state index contributed by atoms with van der Waals surface area (Å²) in [5.41, 5.74) is 3.94. The van der Waals surface area contributed by atoms with Gasteiger partial charge in [0.1, 0.15) is 17.7 Å². The van der Waals surface area contributed by atoms with E-state index in [0.717, 1.165) is 55.9 Å². The van der Waals surface area contributed by atoms with Crippen LogP contribution in [0.25, 0.3) is 11.0 Å². The molecule has 2 aromatic carbocycles. The minimum atomic E-state index is -0.378. The molecule has 0 bridgehead atoms. The highest BCUT2D eigenvalue weighted by Gasteiger charge is 2.25. The Morgan fingerprint density at radius 1 is 1.20 bits per heavy atom. The normalized spacial score (nSPS) is 18.8. The lowest BCUT2D eigenvalue weighted by atomic mass is 10.2. The number of carbonyl (C=O) groups excluding carboxylic acids is 1. The van der Waals surface area contributed by atoms with Gasteiger partial charge in [-0.15, -0.1) is 0 Å². The topological polar surface area (TPSA) is 68.6 Å². The summed E-state index contributed by atoms with van der Waals surface area (Å²) in [5.74, 6) is 1.60. The van der Waals surface area contributed by atoms with Crippen molar-refractivity contribution in [2.45, 2.75) is 38.5 Å². The number of anilines is 2. The van der Waals surface area contributed by atoms with Crippen molar-refractivity contribution in [1.82, 2.24) is 9.55 Å². The number of carbonyl (C=O) groups is 1. The number of imidazole rings is 1. The number of hydrogen-bond acceptors (Lipinski definition) is 5. The number of amides is 1. The number of hydrogen-bond donors (Lipinski definition) is 1. The number of fused-ring (bicyclic) bond motifs is 3. The minimum Gasteiger partial charge on any atom is -0.495 e. The zero-order valence-electron chi connectivity index (χ0n) is 17.1. The molecule has 0 spiro atoms. The Hall–Kier alpha value is -3.06. The van der Waals surface area contributed by atoms with E-state index in [9.17, 15) is 4.79 Å². The van der Waals surface area contributed by atoms with Gasteiger partial charge in [0.05, 0.1) is 30.4 Å². The Balaban J connectivity index is 1.42. The third kappa shape index (κ3) is 3.50. The Morgan fingerprint density at radius 3 is 2.93 bits per heavy atom. The van der Waals surface area contributed by atoms with Crippen LogP contribution < -0.4 is 15.0 Å². The zero-order chi connectivity index (χ0) is 20.5. The third-order valence-electron chi connectivity index (χ3n) is 5.90. The standard InChI is InChI=1S/C23H26N4O3/c1-29-20-10-9-16(14-18(20)25-23(28)21-8-4-13-30-21)26-11-5-12-27-19-7-3-2-6-17(19)24-22(27)15-26/h2-3,6-7,9-10,14,21H,4-5,8,11-13,15H2,1H3,(H,25,28). The first-order valence-electron chi connectivity index (χ1n) is 10.5. The predicted molar refractivity (Wildman–Crippen MR) is 116 cm³/mol. The van der Waals surface area contributed by atoms with Crippen LogP contribution in [0.5, 0.6) is 5.75 Å². The molecule has 0 saturated carbocycles. The van der Waals surface area contributed by atoms with Crippen molar-refractivity contribution in [3.63, 3.8) is 0 Å². The first-order chi connectivity index (χ1) is 14.7. The SMILES string of the molecule is COc1ccc(N2CCCn3c(nc4ccccc43)C2)cc1NC(=O)C1CCCO1. The fraction of sp³-hybridized carbons (Fsp3) is 0.391. The highest BCUT2D eigenvalue weighted by atomic mass is 16.5. The van der Waals surface area contributed by atoms with Crippen molar-refractivity contribution in [3.8, 4) is 5.75 Å². The quantitative estimate of drug-likeness (QED) is 0.717. The van der Waals surface area contributed by atoms with Gasteiger partial charge >= 0.3 is 0 Å². The molecular formula is C23H26N4O3. The maximum Gasteiger partial charge on any atom is 0.253 e. The number of aromatic nitrogens is 2. The summed E-state index contributed by atoms with van der Waals surface area (Å²) in [6.07, 6.45) is 2.33. The third-order valence-corrected chi connectivity index (χ3v) is 5.90. The Morgan fingerprint density at radius 2 is 2.10 bits per heavy atom. The van der Waals surface area contributed by atoms with E-state index in [0.29, 0.717) is 18.0 Å². The van der Waals surface area contributed by atoms with Crippen molar-refractivity contribution in [2.24, 2.45) is 0 Å². The molecule has 1 aromatic heterocycles. The fourth-order valence-corrected chi connectivity index (χ4v) is 4.37. The van der Waals surface area contributed by atoms with Crippen molar-refractivity contribution in [2.75, 3.05) is 30.5 Å². The summed E-state index contributed by atoms with van der Waals surface area (Å²) in [5, 5.41) is 3.00. The molecule has 0 aliphatic carbocycles. The number of ether oxygens (including phenoxy) is 2. The molecule has 0 radical (unpaired) electrons. The number of benzene rings is 2. The molecule has 30 heavy (non-hydrogen) atoms. The molecule has 5 rings (SSSR count). The van der Waals surface area contributed by atoms with Gasteiger partial charge in [-0.05, 0) is 49.6 Å². The molecule has 7 heteroatoms. The van der Waals surface area contributed by atoms with Gasteiger partial charge in [-0.3, -0.25) is 4.79 Å². The molecule has 156 valence electrons. The van der Waals surface area contributed by atoms with Crippen molar-refractivity contribution >= 4 is 28.3 Å². The molecule has 2 aliphatic heterocycles. The number of methoxy groups -OCH3 is 1. The first-order valence-corrected chi connectivity index (χ1v) is 10.5. The summed E-state index contributed by atoms with van der Waals surface area (Å²) in [4.78, 5) is 19.7. The van der Waals surface area contributed by atoms with Crippen LogP contribution in [0.1, 0.15) is 25.1 Å². The van der Waals surface area contributed by atoms with Crippen molar-refractivity contribution in [1.29, 1.82) is 0 Å². The molecule has 1 amide bonds. The monoisotopic (exact) mass is 406 g/mol. The summed E-state index contributed by atoms with van der Waals surface area (Å²) in [6.45, 7) is 3.23. The Labute approximate surface area is 175 Å². The van der Waals surface area contributed by atoms with Gasteiger partial charge in [-0.1, -0.05) is 12.1 Å². The Bertz CT molecular complexity index is 1070. The van der Waals surface area contributed by atoms with E-state index in [1.165, 1.54) is 5.52 Å². The number of rotatable bonds is 4. The number of nitrogens with one attached hydrogen (secondary N) is 1. The van der Waals surface area contributed by atoms with Crippen LogP contribution in [0.15, 0.2) is 42.5 Å². The smallest absolute Gasteiger partial charge is 0.253 e. The van der Waals surface area contributed by atoms with E-state index in [1.54, 1.807) is 7.11 Å². The van der Waals surface area contributed by atoms with Gasteiger partial charge in [0.25, 0.3) is 5.91 Å². The van der Waals surface area contributed by atoms with Gasteiger partial charge < -0.3 is 24.3 Å². The number of nitrogens with zero attached hydrogens (tertiary/aromatic N) is 3. The first kappa shape index (κ1) is 18.9. The minimum absolute atomic E-state index is 0.111. The van der Waals surface area contributed by atoms with Crippen molar-refractivity contribution < 1.29 is 14.3 Å². The van der Waals surface area contributed by atoms with Crippen molar-refractivity contribution in [3.05, 3.63) is 48.3 Å². The van der Waals surface area contributed by atoms with E-state index in [-0.39, 0.29) is 12.0 Å². The second kappa shape index (κ2) is 7.99. The summed E-state index contributed by atoms with van der Waals surface area (Å²) < 4.78 is 13.3. The molecule has 1 atom stereocenters. The highest BCUT2D eigenvalue weighted by molar-refractivity contribution is 5.96. The second-order valence-electron chi connectivity index (χ2n) is 7.82. The van der Waals surface area contributed by atoms with Gasteiger partial charge in [-0.25, -0.2) is 4.98 Å². The van der Waals surface area contributed by atoms with Crippen LogP contribution >= 0.6 is 0 Å². The van der Waals surface area contributed by atoms with Crippen LogP contribution in [0, 0.1) is 0 Å².